The third-order valence-corrected chi connectivity index (χ3v) is 7.38. The standard InChI is InChI=1S/C26H25FN2O4S/c1-4-34(31,32)16-23(30)25-24(19-9-7-13-28-26(19)33-3)20-14-17(2)11-12-22(20)29(25)15-18-8-5-6-10-21(18)27/h5-14H,4,15-16H2,1-3H3. The predicted molar refractivity (Wildman–Crippen MR) is 131 cm³/mol. The van der Waals surface area contributed by atoms with Crippen molar-refractivity contribution in [2.75, 3.05) is 18.6 Å². The van der Waals surface area contributed by atoms with Crippen LogP contribution in [-0.2, 0) is 16.4 Å². The van der Waals surface area contributed by atoms with E-state index in [0.29, 0.717) is 28.1 Å². The van der Waals surface area contributed by atoms with Crippen molar-refractivity contribution in [3.8, 4) is 17.0 Å². The summed E-state index contributed by atoms with van der Waals surface area (Å²) in [6.07, 6.45) is 1.58. The summed E-state index contributed by atoms with van der Waals surface area (Å²) in [7, 11) is -2.12. The van der Waals surface area contributed by atoms with Crippen LogP contribution in [0.25, 0.3) is 22.0 Å². The molecule has 0 unspecified atom stereocenters. The molecule has 0 aliphatic carbocycles. The van der Waals surface area contributed by atoms with Gasteiger partial charge in [-0.3, -0.25) is 4.79 Å². The molecule has 0 aliphatic heterocycles. The molecular formula is C26H25FN2O4S. The number of Topliss-reactive ketones (excluding diaryl/α,β-unsaturated/α-hetero) is 1. The summed E-state index contributed by atoms with van der Waals surface area (Å²) < 4.78 is 46.6. The number of hydrogen-bond donors (Lipinski definition) is 0. The van der Waals surface area contributed by atoms with Crippen molar-refractivity contribution in [3.05, 3.63) is 83.4 Å². The Morgan fingerprint density at radius 3 is 2.59 bits per heavy atom. The van der Waals surface area contributed by atoms with Crippen LogP contribution in [0.3, 0.4) is 0 Å². The van der Waals surface area contributed by atoms with Crippen molar-refractivity contribution in [2.45, 2.75) is 20.4 Å². The normalized spacial score (nSPS) is 11.6. The minimum atomic E-state index is -3.61. The number of fused-ring (bicyclic) bond motifs is 1. The van der Waals surface area contributed by atoms with E-state index in [1.54, 1.807) is 41.1 Å². The predicted octanol–water partition coefficient (Wildman–Crippen LogP) is 4.83. The molecular weight excluding hydrogens is 455 g/mol. The first-order valence-corrected chi connectivity index (χ1v) is 12.7. The highest BCUT2D eigenvalue weighted by atomic mass is 32.2. The molecule has 176 valence electrons. The van der Waals surface area contributed by atoms with E-state index in [-0.39, 0.29) is 18.0 Å². The van der Waals surface area contributed by atoms with Crippen molar-refractivity contribution in [1.82, 2.24) is 9.55 Å². The molecule has 2 aromatic carbocycles. The lowest BCUT2D eigenvalue weighted by atomic mass is 10.0. The first-order chi connectivity index (χ1) is 16.3. The van der Waals surface area contributed by atoms with E-state index in [9.17, 15) is 17.6 Å². The van der Waals surface area contributed by atoms with Crippen LogP contribution in [0.15, 0.2) is 60.8 Å². The maximum Gasteiger partial charge on any atom is 0.221 e. The van der Waals surface area contributed by atoms with E-state index in [1.807, 2.05) is 25.1 Å². The Balaban J connectivity index is 2.09. The van der Waals surface area contributed by atoms with Gasteiger partial charge in [0.1, 0.15) is 11.6 Å². The van der Waals surface area contributed by atoms with Crippen LogP contribution in [0.4, 0.5) is 4.39 Å². The van der Waals surface area contributed by atoms with Gasteiger partial charge in [0, 0.05) is 39.5 Å². The van der Waals surface area contributed by atoms with Crippen molar-refractivity contribution in [3.63, 3.8) is 0 Å². The quantitative estimate of drug-likeness (QED) is 0.338. The molecule has 0 aliphatic rings. The van der Waals surface area contributed by atoms with Gasteiger partial charge in [-0.1, -0.05) is 36.8 Å². The molecule has 0 spiro atoms. The second kappa shape index (κ2) is 9.38. The molecule has 2 heterocycles. The number of pyridine rings is 1. The van der Waals surface area contributed by atoms with Crippen molar-refractivity contribution < 1.29 is 22.3 Å². The van der Waals surface area contributed by atoms with Gasteiger partial charge in [-0.15, -0.1) is 0 Å². The van der Waals surface area contributed by atoms with Crippen molar-refractivity contribution in [2.24, 2.45) is 0 Å². The fourth-order valence-electron chi connectivity index (χ4n) is 4.11. The number of sulfone groups is 1. The largest absolute Gasteiger partial charge is 0.481 e. The van der Waals surface area contributed by atoms with E-state index in [4.69, 9.17) is 4.74 Å². The van der Waals surface area contributed by atoms with E-state index in [1.165, 1.54) is 20.1 Å². The first kappa shape index (κ1) is 23.6. The third kappa shape index (κ3) is 4.46. The zero-order valence-corrected chi connectivity index (χ0v) is 20.0. The van der Waals surface area contributed by atoms with Gasteiger partial charge in [0.2, 0.25) is 5.88 Å². The lowest BCUT2D eigenvalue weighted by Gasteiger charge is -2.13. The number of rotatable bonds is 8. The molecule has 0 atom stereocenters. The number of ether oxygens (including phenoxy) is 1. The highest BCUT2D eigenvalue weighted by Gasteiger charge is 2.29. The number of benzene rings is 2. The Kier molecular flexibility index (Phi) is 6.52. The van der Waals surface area contributed by atoms with Gasteiger partial charge in [0.05, 0.1) is 19.3 Å². The molecule has 34 heavy (non-hydrogen) atoms. The van der Waals surface area contributed by atoms with Crippen LogP contribution < -0.4 is 4.74 Å². The summed E-state index contributed by atoms with van der Waals surface area (Å²) >= 11 is 0. The number of carbonyl (C=O) groups is 1. The van der Waals surface area contributed by atoms with Crippen LogP contribution in [0.5, 0.6) is 5.88 Å². The summed E-state index contributed by atoms with van der Waals surface area (Å²) in [5.41, 5.74) is 3.30. The minimum Gasteiger partial charge on any atom is -0.481 e. The summed E-state index contributed by atoms with van der Waals surface area (Å²) in [5, 5.41) is 0.736. The molecule has 6 nitrogen and oxygen atoms in total. The number of aromatic nitrogens is 2. The van der Waals surface area contributed by atoms with E-state index in [2.05, 4.69) is 4.98 Å². The van der Waals surface area contributed by atoms with Gasteiger partial charge in [0.15, 0.2) is 15.6 Å². The Morgan fingerprint density at radius 2 is 1.88 bits per heavy atom. The molecule has 0 saturated heterocycles. The van der Waals surface area contributed by atoms with Crippen molar-refractivity contribution >= 4 is 26.5 Å². The average Bonchev–Trinajstić information content (AvgIpc) is 3.13. The van der Waals surface area contributed by atoms with E-state index in [0.717, 1.165) is 10.9 Å². The fourth-order valence-corrected chi connectivity index (χ4v) is 4.85. The SMILES string of the molecule is CCS(=O)(=O)CC(=O)c1c(-c2cccnc2OC)c2cc(C)ccc2n1Cc1ccccc1F. The zero-order valence-electron chi connectivity index (χ0n) is 19.2. The van der Waals surface area contributed by atoms with Crippen LogP contribution in [0, 0.1) is 12.7 Å². The van der Waals surface area contributed by atoms with Crippen LogP contribution in [-0.4, -0.2) is 42.4 Å². The molecule has 4 aromatic rings. The number of halogens is 1. The van der Waals surface area contributed by atoms with Crippen LogP contribution in [0.2, 0.25) is 0 Å². The molecule has 4 rings (SSSR count). The van der Waals surface area contributed by atoms with Gasteiger partial charge < -0.3 is 9.30 Å². The molecule has 2 aromatic heterocycles. The molecule has 0 fully saturated rings. The van der Waals surface area contributed by atoms with Gasteiger partial charge in [-0.2, -0.15) is 0 Å². The molecule has 0 saturated carbocycles. The third-order valence-electron chi connectivity index (χ3n) is 5.79. The molecule has 0 bridgehead atoms. The number of carbonyl (C=O) groups excluding carboxylic acids is 1. The lowest BCUT2D eigenvalue weighted by molar-refractivity contribution is 0.101. The number of aryl methyl sites for hydroxylation is 1. The lowest BCUT2D eigenvalue weighted by Crippen LogP contribution is -2.21. The number of methoxy groups -OCH3 is 1. The van der Waals surface area contributed by atoms with E-state index >= 15 is 0 Å². The molecule has 0 radical (unpaired) electrons. The maximum atomic E-state index is 14.6. The van der Waals surface area contributed by atoms with Gasteiger partial charge in [0.25, 0.3) is 0 Å². The highest BCUT2D eigenvalue weighted by Crippen LogP contribution is 2.40. The van der Waals surface area contributed by atoms with Gasteiger partial charge in [-0.25, -0.2) is 17.8 Å². The first-order valence-electron chi connectivity index (χ1n) is 10.8. The molecule has 8 heteroatoms. The number of nitrogens with zero attached hydrogens (tertiary/aromatic N) is 2. The zero-order chi connectivity index (χ0) is 24.5. The minimum absolute atomic E-state index is 0.0576. The van der Waals surface area contributed by atoms with Crippen LogP contribution in [0.1, 0.15) is 28.5 Å². The Labute approximate surface area is 197 Å². The second-order valence-corrected chi connectivity index (χ2v) is 10.4. The number of ketones is 1. The average molecular weight is 481 g/mol. The Morgan fingerprint density at radius 1 is 1.12 bits per heavy atom. The summed E-state index contributed by atoms with van der Waals surface area (Å²) in [6.45, 7) is 3.49. The Hall–Kier alpha value is -3.52. The van der Waals surface area contributed by atoms with Crippen molar-refractivity contribution in [1.29, 1.82) is 0 Å². The van der Waals surface area contributed by atoms with Gasteiger partial charge in [-0.05, 0) is 37.3 Å². The second-order valence-electron chi connectivity index (χ2n) is 8.08. The van der Waals surface area contributed by atoms with E-state index < -0.39 is 27.2 Å². The van der Waals surface area contributed by atoms with Gasteiger partial charge >= 0.3 is 0 Å². The topological polar surface area (TPSA) is 78.3 Å². The maximum absolute atomic E-state index is 14.6. The monoisotopic (exact) mass is 480 g/mol. The Bertz CT molecular complexity index is 1490. The highest BCUT2D eigenvalue weighted by molar-refractivity contribution is 7.92. The van der Waals surface area contributed by atoms with Crippen LogP contribution >= 0.6 is 0 Å². The summed E-state index contributed by atoms with van der Waals surface area (Å²) in [6, 6.07) is 15.5. The summed E-state index contributed by atoms with van der Waals surface area (Å²) in [4.78, 5) is 17.9. The smallest absolute Gasteiger partial charge is 0.221 e. The molecule has 0 amide bonds. The number of hydrogen-bond acceptors (Lipinski definition) is 5. The summed E-state index contributed by atoms with van der Waals surface area (Å²) in [5.74, 6) is -1.46. The fraction of sp³-hybridized carbons (Fsp3) is 0.231. The molecule has 0 N–H and O–H groups in total.